The molecule has 0 amide bonds. The monoisotopic (exact) mass is 226 g/mol. The van der Waals surface area contributed by atoms with E-state index >= 15 is 0 Å². The molecule has 3 nitrogen and oxygen atoms in total. The van der Waals surface area contributed by atoms with Crippen LogP contribution >= 0.6 is 0 Å². The van der Waals surface area contributed by atoms with Gasteiger partial charge in [-0.15, -0.1) is 0 Å². The van der Waals surface area contributed by atoms with Gasteiger partial charge in [0.25, 0.3) is 0 Å². The molecule has 16 heavy (non-hydrogen) atoms. The lowest BCUT2D eigenvalue weighted by Crippen LogP contribution is -2.50. The van der Waals surface area contributed by atoms with Crippen LogP contribution in [0.15, 0.2) is 0 Å². The molecule has 1 saturated heterocycles. The van der Waals surface area contributed by atoms with E-state index in [1.54, 1.807) is 0 Å². The molecule has 0 bridgehead atoms. The third-order valence-electron chi connectivity index (χ3n) is 4.18. The second-order valence-electron chi connectivity index (χ2n) is 5.45. The van der Waals surface area contributed by atoms with Gasteiger partial charge in [-0.3, -0.25) is 0 Å². The smallest absolute Gasteiger partial charge is 0.0855 e. The Bertz CT molecular complexity index is 204. The number of nitrogens with one attached hydrogen (secondary N) is 1. The fourth-order valence-corrected chi connectivity index (χ4v) is 3.12. The van der Waals surface area contributed by atoms with Gasteiger partial charge in [0.15, 0.2) is 0 Å². The molecule has 1 aliphatic heterocycles. The summed E-state index contributed by atoms with van der Waals surface area (Å²) in [4.78, 5) is 2.38. The molecule has 94 valence electrons. The SMILES string of the molecule is CNC(CC1CCCC1)C1CN(C)CCO1. The Morgan fingerprint density at radius 3 is 2.75 bits per heavy atom. The first-order chi connectivity index (χ1) is 7.79. The van der Waals surface area contributed by atoms with E-state index in [4.69, 9.17) is 4.74 Å². The summed E-state index contributed by atoms with van der Waals surface area (Å²) in [7, 11) is 4.27. The summed E-state index contributed by atoms with van der Waals surface area (Å²) < 4.78 is 5.91. The van der Waals surface area contributed by atoms with Gasteiger partial charge in [-0.2, -0.15) is 0 Å². The van der Waals surface area contributed by atoms with E-state index in [1.165, 1.54) is 32.1 Å². The number of nitrogens with zero attached hydrogens (tertiary/aromatic N) is 1. The van der Waals surface area contributed by atoms with Crippen molar-refractivity contribution in [3.05, 3.63) is 0 Å². The van der Waals surface area contributed by atoms with E-state index in [0.29, 0.717) is 12.1 Å². The molecule has 3 heteroatoms. The molecule has 1 saturated carbocycles. The molecule has 2 fully saturated rings. The summed E-state index contributed by atoms with van der Waals surface area (Å²) >= 11 is 0. The third-order valence-corrected chi connectivity index (χ3v) is 4.18. The number of hydrogen-bond donors (Lipinski definition) is 1. The van der Waals surface area contributed by atoms with E-state index < -0.39 is 0 Å². The Kier molecular flexibility index (Phi) is 4.62. The van der Waals surface area contributed by atoms with Crippen LogP contribution in [0.2, 0.25) is 0 Å². The molecule has 0 aromatic rings. The van der Waals surface area contributed by atoms with Crippen molar-refractivity contribution in [3.8, 4) is 0 Å². The number of morpholine rings is 1. The molecule has 1 aliphatic carbocycles. The average Bonchev–Trinajstić information content (AvgIpc) is 2.78. The van der Waals surface area contributed by atoms with Gasteiger partial charge in [-0.25, -0.2) is 0 Å². The second-order valence-corrected chi connectivity index (χ2v) is 5.45. The summed E-state index contributed by atoms with van der Waals surface area (Å²) in [5.41, 5.74) is 0. The summed E-state index contributed by atoms with van der Waals surface area (Å²) in [6.07, 6.45) is 7.43. The first-order valence-corrected chi connectivity index (χ1v) is 6.77. The Morgan fingerprint density at radius 1 is 1.38 bits per heavy atom. The highest BCUT2D eigenvalue weighted by Crippen LogP contribution is 2.29. The van der Waals surface area contributed by atoms with Crippen LogP contribution in [0.5, 0.6) is 0 Å². The maximum atomic E-state index is 5.91. The van der Waals surface area contributed by atoms with Gasteiger partial charge >= 0.3 is 0 Å². The van der Waals surface area contributed by atoms with Crippen LogP contribution in [-0.2, 0) is 4.74 Å². The van der Waals surface area contributed by atoms with Crippen molar-refractivity contribution in [1.29, 1.82) is 0 Å². The van der Waals surface area contributed by atoms with Crippen LogP contribution in [0.1, 0.15) is 32.1 Å². The van der Waals surface area contributed by atoms with E-state index in [0.717, 1.165) is 25.6 Å². The zero-order chi connectivity index (χ0) is 11.4. The predicted octanol–water partition coefficient (Wildman–Crippen LogP) is 1.49. The van der Waals surface area contributed by atoms with E-state index in [9.17, 15) is 0 Å². The second kappa shape index (κ2) is 5.99. The van der Waals surface area contributed by atoms with Crippen LogP contribution in [-0.4, -0.2) is 50.8 Å². The van der Waals surface area contributed by atoms with Crippen LogP contribution in [0.4, 0.5) is 0 Å². The number of hydrogen-bond acceptors (Lipinski definition) is 3. The van der Waals surface area contributed by atoms with Crippen LogP contribution < -0.4 is 5.32 Å². The van der Waals surface area contributed by atoms with Crippen molar-refractivity contribution in [2.24, 2.45) is 5.92 Å². The standard InChI is InChI=1S/C13H26N2O/c1-14-12(9-11-5-3-4-6-11)13-10-15(2)7-8-16-13/h11-14H,3-10H2,1-2H3. The molecule has 2 aliphatic rings. The van der Waals surface area contributed by atoms with Gasteiger partial charge in [-0.1, -0.05) is 25.7 Å². The fraction of sp³-hybridized carbons (Fsp3) is 1.00. The zero-order valence-corrected chi connectivity index (χ0v) is 10.7. The number of rotatable bonds is 4. The summed E-state index contributed by atoms with van der Waals surface area (Å²) in [6.45, 7) is 3.05. The molecular weight excluding hydrogens is 200 g/mol. The average molecular weight is 226 g/mol. The molecule has 2 atom stereocenters. The van der Waals surface area contributed by atoms with Crippen LogP contribution in [0.3, 0.4) is 0 Å². The lowest BCUT2D eigenvalue weighted by atomic mass is 9.94. The van der Waals surface area contributed by atoms with Crippen molar-refractivity contribution < 1.29 is 4.74 Å². The molecule has 1 N–H and O–H groups in total. The molecular formula is C13H26N2O. The Hall–Kier alpha value is -0.120. The maximum absolute atomic E-state index is 5.91. The first-order valence-electron chi connectivity index (χ1n) is 6.77. The van der Waals surface area contributed by atoms with E-state index in [1.807, 2.05) is 0 Å². The fourth-order valence-electron chi connectivity index (χ4n) is 3.12. The van der Waals surface area contributed by atoms with Gasteiger partial charge in [0.1, 0.15) is 0 Å². The molecule has 0 aromatic heterocycles. The topological polar surface area (TPSA) is 24.5 Å². The normalized spacial score (nSPS) is 30.8. The Balaban J connectivity index is 1.82. The largest absolute Gasteiger partial charge is 0.374 e. The lowest BCUT2D eigenvalue weighted by Gasteiger charge is -2.36. The molecule has 2 unspecified atom stereocenters. The van der Waals surface area contributed by atoms with E-state index in [-0.39, 0.29) is 0 Å². The quantitative estimate of drug-likeness (QED) is 0.786. The van der Waals surface area contributed by atoms with Crippen LogP contribution in [0.25, 0.3) is 0 Å². The highest BCUT2D eigenvalue weighted by molar-refractivity contribution is 4.84. The molecule has 1 heterocycles. The first kappa shape index (κ1) is 12.3. The Labute approximate surface area is 99.5 Å². The van der Waals surface area contributed by atoms with Gasteiger partial charge in [-0.05, 0) is 26.4 Å². The predicted molar refractivity (Wildman–Crippen MR) is 66.7 cm³/mol. The van der Waals surface area contributed by atoms with Crippen molar-refractivity contribution in [1.82, 2.24) is 10.2 Å². The summed E-state index contributed by atoms with van der Waals surface area (Å²) in [6, 6.07) is 0.547. The Morgan fingerprint density at radius 2 is 2.12 bits per heavy atom. The van der Waals surface area contributed by atoms with Crippen molar-refractivity contribution >= 4 is 0 Å². The highest BCUT2D eigenvalue weighted by Gasteiger charge is 2.28. The van der Waals surface area contributed by atoms with Crippen LogP contribution in [0, 0.1) is 5.92 Å². The summed E-state index contributed by atoms with van der Waals surface area (Å²) in [5.74, 6) is 0.938. The highest BCUT2D eigenvalue weighted by atomic mass is 16.5. The zero-order valence-electron chi connectivity index (χ0n) is 10.7. The molecule has 0 aromatic carbocycles. The third kappa shape index (κ3) is 3.19. The van der Waals surface area contributed by atoms with Crippen molar-refractivity contribution in [2.75, 3.05) is 33.8 Å². The van der Waals surface area contributed by atoms with Gasteiger partial charge in [0.2, 0.25) is 0 Å². The van der Waals surface area contributed by atoms with E-state index in [2.05, 4.69) is 24.3 Å². The number of ether oxygens (including phenoxy) is 1. The summed E-state index contributed by atoms with van der Waals surface area (Å²) in [5, 5.41) is 3.47. The molecule has 0 spiro atoms. The minimum absolute atomic E-state index is 0.393. The maximum Gasteiger partial charge on any atom is 0.0855 e. The lowest BCUT2D eigenvalue weighted by molar-refractivity contribution is -0.0410. The van der Waals surface area contributed by atoms with Gasteiger partial charge in [0.05, 0.1) is 12.7 Å². The van der Waals surface area contributed by atoms with Gasteiger partial charge < -0.3 is 15.0 Å². The molecule has 2 rings (SSSR count). The van der Waals surface area contributed by atoms with Gasteiger partial charge in [0, 0.05) is 19.1 Å². The minimum Gasteiger partial charge on any atom is -0.374 e. The molecule has 0 radical (unpaired) electrons. The van der Waals surface area contributed by atoms with Crippen molar-refractivity contribution in [2.45, 2.75) is 44.2 Å². The minimum atomic E-state index is 0.393. The number of likely N-dealkylation sites (N-methyl/N-ethyl adjacent to an activating group) is 2. The van der Waals surface area contributed by atoms with Crippen molar-refractivity contribution in [3.63, 3.8) is 0 Å².